The molecule has 1 N–H and O–H groups in total. The van der Waals surface area contributed by atoms with Gasteiger partial charge in [-0.25, -0.2) is 0 Å². The van der Waals surface area contributed by atoms with Gasteiger partial charge in [-0.05, 0) is 13.5 Å². The minimum atomic E-state index is -0.734. The molecule has 16 heavy (non-hydrogen) atoms. The number of carbonyl (C=O) groups is 1. The average molecular weight is 229 g/mol. The van der Waals surface area contributed by atoms with Gasteiger partial charge < -0.3 is 9.84 Å². The molecule has 0 aromatic carbocycles. The van der Waals surface area contributed by atoms with Crippen molar-refractivity contribution in [1.82, 2.24) is 4.90 Å². The van der Waals surface area contributed by atoms with Gasteiger partial charge in [-0.15, -0.1) is 0 Å². The summed E-state index contributed by atoms with van der Waals surface area (Å²) in [4.78, 5) is 13.0. The number of carboxylic acids is 1. The van der Waals surface area contributed by atoms with Crippen LogP contribution in [0.5, 0.6) is 0 Å². The second-order valence-electron chi connectivity index (χ2n) is 4.59. The first kappa shape index (κ1) is 13.5. The molecule has 4 heteroatoms. The first-order valence-electron chi connectivity index (χ1n) is 6.09. The third-order valence-corrected chi connectivity index (χ3v) is 3.59. The molecule has 1 heterocycles. The maximum Gasteiger partial charge on any atom is 0.321 e. The van der Waals surface area contributed by atoms with Crippen molar-refractivity contribution in [1.29, 1.82) is 0 Å². The highest BCUT2D eigenvalue weighted by atomic mass is 16.5. The average Bonchev–Trinajstić information content (AvgIpc) is 2.57. The van der Waals surface area contributed by atoms with Gasteiger partial charge in [-0.1, -0.05) is 26.2 Å². The summed E-state index contributed by atoms with van der Waals surface area (Å²) < 4.78 is 5.40. The van der Waals surface area contributed by atoms with Gasteiger partial charge in [0.1, 0.15) is 6.04 Å². The molecule has 0 radical (unpaired) electrons. The van der Waals surface area contributed by atoms with E-state index in [2.05, 4.69) is 6.92 Å². The van der Waals surface area contributed by atoms with Crippen LogP contribution in [0.25, 0.3) is 0 Å². The van der Waals surface area contributed by atoms with Crippen LogP contribution in [0.4, 0.5) is 0 Å². The van der Waals surface area contributed by atoms with Crippen LogP contribution in [-0.4, -0.2) is 48.3 Å². The van der Waals surface area contributed by atoms with Crippen molar-refractivity contribution in [3.63, 3.8) is 0 Å². The Morgan fingerprint density at radius 3 is 2.69 bits per heavy atom. The Bertz CT molecular complexity index is 232. The number of ether oxygens (including phenoxy) is 1. The van der Waals surface area contributed by atoms with Crippen molar-refractivity contribution in [2.24, 2.45) is 0 Å². The molecule has 0 aliphatic carbocycles. The molecule has 0 spiro atoms. The molecule has 1 fully saturated rings. The molecule has 1 rings (SSSR count). The zero-order valence-electron chi connectivity index (χ0n) is 10.5. The summed E-state index contributed by atoms with van der Waals surface area (Å²) in [6.45, 7) is 2.17. The lowest BCUT2D eigenvalue weighted by Crippen LogP contribution is -2.39. The highest BCUT2D eigenvalue weighted by Crippen LogP contribution is 2.28. The molecular formula is C12H23NO3. The standard InChI is InChI=1S/C12H23NO3/c1-4-5-6-7-9-11(16-3)8-10(12(14)15)13(9)2/h9-11H,4-8H2,1-3H3,(H,14,15). The molecule has 1 saturated heterocycles. The fourth-order valence-electron chi connectivity index (χ4n) is 2.56. The SMILES string of the molecule is CCCCCC1C(OC)CC(C(=O)O)N1C. The number of hydrogen-bond donors (Lipinski definition) is 1. The lowest BCUT2D eigenvalue weighted by atomic mass is 10.0. The van der Waals surface area contributed by atoms with Gasteiger partial charge in [0.15, 0.2) is 0 Å². The Morgan fingerprint density at radius 2 is 2.19 bits per heavy atom. The van der Waals surface area contributed by atoms with Gasteiger partial charge in [0.25, 0.3) is 0 Å². The van der Waals surface area contributed by atoms with Crippen LogP contribution in [0, 0.1) is 0 Å². The van der Waals surface area contributed by atoms with E-state index in [1.165, 1.54) is 12.8 Å². The van der Waals surface area contributed by atoms with Crippen molar-refractivity contribution in [3.05, 3.63) is 0 Å². The maximum absolute atomic E-state index is 11.1. The van der Waals surface area contributed by atoms with Gasteiger partial charge in [0.05, 0.1) is 6.10 Å². The number of nitrogens with zero attached hydrogens (tertiary/aromatic N) is 1. The van der Waals surface area contributed by atoms with Crippen molar-refractivity contribution < 1.29 is 14.6 Å². The minimum Gasteiger partial charge on any atom is -0.480 e. The molecule has 0 aromatic rings. The Labute approximate surface area is 97.6 Å². The number of rotatable bonds is 6. The molecular weight excluding hydrogens is 206 g/mol. The first-order chi connectivity index (χ1) is 7.61. The van der Waals surface area contributed by atoms with Crippen molar-refractivity contribution >= 4 is 5.97 Å². The lowest BCUT2D eigenvalue weighted by Gasteiger charge is -2.25. The van der Waals surface area contributed by atoms with Crippen LogP contribution in [-0.2, 0) is 9.53 Å². The molecule has 94 valence electrons. The van der Waals surface area contributed by atoms with Crippen LogP contribution >= 0.6 is 0 Å². The van der Waals surface area contributed by atoms with E-state index in [-0.39, 0.29) is 18.2 Å². The van der Waals surface area contributed by atoms with Gasteiger partial charge >= 0.3 is 5.97 Å². The third kappa shape index (κ3) is 2.95. The number of hydrogen-bond acceptors (Lipinski definition) is 3. The van der Waals surface area contributed by atoms with E-state index in [0.717, 1.165) is 12.8 Å². The van der Waals surface area contributed by atoms with Gasteiger partial charge in [-0.3, -0.25) is 9.69 Å². The molecule has 3 atom stereocenters. The molecule has 0 amide bonds. The molecule has 0 saturated carbocycles. The second kappa shape index (κ2) is 6.21. The number of unbranched alkanes of at least 4 members (excludes halogenated alkanes) is 2. The van der Waals surface area contributed by atoms with E-state index in [4.69, 9.17) is 9.84 Å². The largest absolute Gasteiger partial charge is 0.480 e. The third-order valence-electron chi connectivity index (χ3n) is 3.59. The fraction of sp³-hybridized carbons (Fsp3) is 0.917. The van der Waals surface area contributed by atoms with Gasteiger partial charge in [0.2, 0.25) is 0 Å². The van der Waals surface area contributed by atoms with Gasteiger partial charge in [0, 0.05) is 19.6 Å². The van der Waals surface area contributed by atoms with Crippen molar-refractivity contribution in [3.8, 4) is 0 Å². The first-order valence-corrected chi connectivity index (χ1v) is 6.09. The predicted octanol–water partition coefficient (Wildman–Crippen LogP) is 1.74. The van der Waals surface area contributed by atoms with Gasteiger partial charge in [-0.2, -0.15) is 0 Å². The predicted molar refractivity (Wildman–Crippen MR) is 62.5 cm³/mol. The Hall–Kier alpha value is -0.610. The molecule has 1 aliphatic rings. The fourth-order valence-corrected chi connectivity index (χ4v) is 2.56. The summed E-state index contributed by atoms with van der Waals surface area (Å²) >= 11 is 0. The van der Waals surface area contributed by atoms with E-state index < -0.39 is 5.97 Å². The topological polar surface area (TPSA) is 49.8 Å². The smallest absolute Gasteiger partial charge is 0.321 e. The van der Waals surface area contributed by atoms with E-state index in [1.54, 1.807) is 7.11 Å². The minimum absolute atomic E-state index is 0.0722. The number of carboxylic acid groups (broad SMARTS) is 1. The maximum atomic E-state index is 11.1. The summed E-state index contributed by atoms with van der Waals surface area (Å²) in [5.74, 6) is -0.734. The Balaban J connectivity index is 2.55. The Kier molecular flexibility index (Phi) is 5.22. The van der Waals surface area contributed by atoms with E-state index in [1.807, 2.05) is 11.9 Å². The summed E-state index contributed by atoms with van der Waals surface area (Å²) in [5.41, 5.74) is 0. The number of likely N-dealkylation sites (tertiary alicyclic amines) is 1. The van der Waals surface area contributed by atoms with Crippen molar-refractivity contribution in [2.75, 3.05) is 14.2 Å². The zero-order valence-corrected chi connectivity index (χ0v) is 10.5. The number of aliphatic carboxylic acids is 1. The molecule has 0 bridgehead atoms. The summed E-state index contributed by atoms with van der Waals surface area (Å²) in [5, 5.41) is 9.09. The lowest BCUT2D eigenvalue weighted by molar-refractivity contribution is -0.142. The molecule has 4 nitrogen and oxygen atoms in total. The van der Waals surface area contributed by atoms with Crippen molar-refractivity contribution in [2.45, 2.75) is 57.2 Å². The quantitative estimate of drug-likeness (QED) is 0.705. The summed E-state index contributed by atoms with van der Waals surface area (Å²) in [6, 6.07) is -0.116. The second-order valence-corrected chi connectivity index (χ2v) is 4.59. The summed E-state index contributed by atoms with van der Waals surface area (Å²) in [6.07, 6.45) is 5.27. The summed E-state index contributed by atoms with van der Waals surface area (Å²) in [7, 11) is 3.57. The number of likely N-dealkylation sites (N-methyl/N-ethyl adjacent to an activating group) is 1. The Morgan fingerprint density at radius 1 is 1.50 bits per heavy atom. The van der Waals surface area contributed by atoms with Crippen LogP contribution in [0.2, 0.25) is 0 Å². The highest BCUT2D eigenvalue weighted by Gasteiger charge is 2.42. The molecule has 0 aromatic heterocycles. The van der Waals surface area contributed by atoms with E-state index in [0.29, 0.717) is 6.42 Å². The van der Waals surface area contributed by atoms with E-state index in [9.17, 15) is 4.79 Å². The van der Waals surface area contributed by atoms with Crippen LogP contribution in [0.15, 0.2) is 0 Å². The molecule has 1 aliphatic heterocycles. The van der Waals surface area contributed by atoms with Crippen LogP contribution in [0.1, 0.15) is 39.0 Å². The highest BCUT2D eigenvalue weighted by molar-refractivity contribution is 5.74. The normalized spacial score (nSPS) is 30.8. The van der Waals surface area contributed by atoms with E-state index >= 15 is 0 Å². The monoisotopic (exact) mass is 229 g/mol. The molecule has 3 unspecified atom stereocenters. The zero-order chi connectivity index (χ0) is 12.1. The van der Waals surface area contributed by atoms with Crippen LogP contribution < -0.4 is 0 Å². The van der Waals surface area contributed by atoms with Crippen LogP contribution in [0.3, 0.4) is 0 Å². The number of methoxy groups -OCH3 is 1.